The number of aryl methyl sites for hydroxylation is 1. The monoisotopic (exact) mass is 284 g/mol. The third kappa shape index (κ3) is 4.30. The van der Waals surface area contributed by atoms with E-state index in [0.717, 1.165) is 24.0 Å². The fourth-order valence-electron chi connectivity index (χ4n) is 1.78. The van der Waals surface area contributed by atoms with Crippen molar-refractivity contribution in [1.82, 2.24) is 4.72 Å². The minimum Gasteiger partial charge on any atom is -0.326 e. The van der Waals surface area contributed by atoms with Crippen LogP contribution in [-0.4, -0.2) is 15.0 Å². The molecule has 0 radical (unpaired) electrons. The molecule has 1 aromatic rings. The largest absolute Gasteiger partial charge is 0.326 e. The van der Waals surface area contributed by atoms with Crippen LogP contribution in [0, 0.1) is 5.92 Å². The van der Waals surface area contributed by atoms with E-state index in [1.165, 1.54) is 0 Å². The molecule has 0 spiro atoms. The molecule has 0 aliphatic carbocycles. The summed E-state index contributed by atoms with van der Waals surface area (Å²) in [5.41, 5.74) is 7.66. The van der Waals surface area contributed by atoms with Gasteiger partial charge >= 0.3 is 0 Å². The summed E-state index contributed by atoms with van der Waals surface area (Å²) < 4.78 is 27.0. The highest BCUT2D eigenvalue weighted by Gasteiger charge is 2.16. The molecule has 0 bridgehead atoms. The number of nitrogens with two attached hydrogens (primary N) is 1. The Labute approximate surface area is 116 Å². The van der Waals surface area contributed by atoms with Crippen molar-refractivity contribution in [3.63, 3.8) is 0 Å². The van der Waals surface area contributed by atoms with Crippen molar-refractivity contribution in [2.75, 3.05) is 6.54 Å². The van der Waals surface area contributed by atoms with E-state index in [9.17, 15) is 8.42 Å². The van der Waals surface area contributed by atoms with Gasteiger partial charge in [0.1, 0.15) is 0 Å². The van der Waals surface area contributed by atoms with Crippen LogP contribution in [0.1, 0.15) is 38.3 Å². The molecule has 0 heterocycles. The Morgan fingerprint density at radius 1 is 1.26 bits per heavy atom. The van der Waals surface area contributed by atoms with Gasteiger partial charge in [0.15, 0.2) is 0 Å². The predicted molar refractivity (Wildman–Crippen MR) is 78.4 cm³/mol. The van der Waals surface area contributed by atoms with Gasteiger partial charge in [0.05, 0.1) is 4.90 Å². The molecule has 19 heavy (non-hydrogen) atoms. The van der Waals surface area contributed by atoms with Crippen LogP contribution >= 0.6 is 0 Å². The van der Waals surface area contributed by atoms with Gasteiger partial charge in [-0.25, -0.2) is 13.1 Å². The van der Waals surface area contributed by atoms with Crippen LogP contribution in [0.4, 0.5) is 0 Å². The van der Waals surface area contributed by atoms with Crippen molar-refractivity contribution < 1.29 is 8.42 Å². The van der Waals surface area contributed by atoms with Crippen molar-refractivity contribution in [3.05, 3.63) is 29.3 Å². The van der Waals surface area contributed by atoms with E-state index in [2.05, 4.69) is 4.72 Å². The van der Waals surface area contributed by atoms with E-state index >= 15 is 0 Å². The molecule has 4 nitrogen and oxygen atoms in total. The van der Waals surface area contributed by atoms with Crippen LogP contribution in [0.15, 0.2) is 23.1 Å². The van der Waals surface area contributed by atoms with E-state index < -0.39 is 10.0 Å². The van der Waals surface area contributed by atoms with Crippen molar-refractivity contribution in [2.45, 2.75) is 45.1 Å². The Bertz CT molecular complexity index is 512. The summed E-state index contributed by atoms with van der Waals surface area (Å²) in [6.45, 7) is 6.92. The second kappa shape index (κ2) is 7.03. The average molecular weight is 284 g/mol. The molecule has 0 aromatic heterocycles. The van der Waals surface area contributed by atoms with Gasteiger partial charge in [-0.3, -0.25) is 0 Å². The molecule has 1 unspecified atom stereocenters. The maximum absolute atomic E-state index is 12.2. The summed E-state index contributed by atoms with van der Waals surface area (Å²) in [5.74, 6) is 0.332. The van der Waals surface area contributed by atoms with Crippen LogP contribution in [0.5, 0.6) is 0 Å². The number of hydrogen-bond acceptors (Lipinski definition) is 3. The molecule has 5 heteroatoms. The number of benzene rings is 1. The zero-order chi connectivity index (χ0) is 14.5. The quantitative estimate of drug-likeness (QED) is 0.804. The summed E-state index contributed by atoms with van der Waals surface area (Å²) in [4.78, 5) is 0.299. The molecule has 0 saturated heterocycles. The number of hydrogen-bond donors (Lipinski definition) is 2. The van der Waals surface area contributed by atoms with Crippen LogP contribution in [0.3, 0.4) is 0 Å². The van der Waals surface area contributed by atoms with E-state index in [1.54, 1.807) is 12.1 Å². The normalized spacial score (nSPS) is 13.5. The van der Waals surface area contributed by atoms with Crippen LogP contribution in [0.2, 0.25) is 0 Å². The van der Waals surface area contributed by atoms with E-state index in [-0.39, 0.29) is 0 Å². The third-order valence-corrected chi connectivity index (χ3v) is 4.83. The maximum atomic E-state index is 12.2. The molecular formula is C14H24N2O2S. The minimum atomic E-state index is -3.43. The van der Waals surface area contributed by atoms with Crippen LogP contribution in [0.25, 0.3) is 0 Å². The van der Waals surface area contributed by atoms with Crippen molar-refractivity contribution in [1.29, 1.82) is 0 Å². The maximum Gasteiger partial charge on any atom is 0.240 e. The van der Waals surface area contributed by atoms with E-state index in [0.29, 0.717) is 23.9 Å². The summed E-state index contributed by atoms with van der Waals surface area (Å²) in [6, 6.07) is 5.18. The molecule has 3 N–H and O–H groups in total. The summed E-state index contributed by atoms with van der Waals surface area (Å²) in [6.07, 6.45) is 1.80. The lowest BCUT2D eigenvalue weighted by atomic mass is 10.1. The first kappa shape index (κ1) is 16.1. The standard InChI is InChI=1S/C14H24N2O2S/c1-4-11(3)10-16-19(17,18)14-7-6-12(5-2)13(8-14)9-15/h6-8,11,16H,4-5,9-10,15H2,1-3H3. The highest BCUT2D eigenvalue weighted by Crippen LogP contribution is 2.16. The van der Waals surface area contributed by atoms with Crippen molar-refractivity contribution >= 4 is 10.0 Å². The second-order valence-corrected chi connectivity index (χ2v) is 6.62. The first-order chi connectivity index (χ1) is 8.94. The predicted octanol–water partition coefficient (Wildman–Crippen LogP) is 2.03. The first-order valence-electron chi connectivity index (χ1n) is 6.76. The average Bonchev–Trinajstić information content (AvgIpc) is 2.43. The lowest BCUT2D eigenvalue weighted by Crippen LogP contribution is -2.28. The number of sulfonamides is 1. The van der Waals surface area contributed by atoms with E-state index in [4.69, 9.17) is 5.73 Å². The van der Waals surface area contributed by atoms with Gasteiger partial charge in [-0.1, -0.05) is 33.3 Å². The molecule has 0 amide bonds. The lowest BCUT2D eigenvalue weighted by molar-refractivity contribution is 0.528. The molecule has 0 saturated carbocycles. The zero-order valence-corrected chi connectivity index (χ0v) is 12.8. The summed E-state index contributed by atoms with van der Waals surface area (Å²) in [7, 11) is -3.43. The van der Waals surface area contributed by atoms with Gasteiger partial charge in [0.25, 0.3) is 0 Å². The third-order valence-electron chi connectivity index (χ3n) is 3.41. The summed E-state index contributed by atoms with van der Waals surface area (Å²) in [5, 5.41) is 0. The Morgan fingerprint density at radius 2 is 1.95 bits per heavy atom. The molecule has 1 atom stereocenters. The molecular weight excluding hydrogens is 260 g/mol. The SMILES string of the molecule is CCc1ccc(S(=O)(=O)NCC(C)CC)cc1CN. The molecule has 108 valence electrons. The topological polar surface area (TPSA) is 72.2 Å². The second-order valence-electron chi connectivity index (χ2n) is 4.85. The molecule has 0 aliphatic rings. The Balaban J connectivity index is 2.95. The highest BCUT2D eigenvalue weighted by molar-refractivity contribution is 7.89. The van der Waals surface area contributed by atoms with Gasteiger partial charge in [0, 0.05) is 13.1 Å². The van der Waals surface area contributed by atoms with Crippen LogP contribution in [-0.2, 0) is 23.0 Å². The number of rotatable bonds is 7. The summed E-state index contributed by atoms with van der Waals surface area (Å²) >= 11 is 0. The lowest BCUT2D eigenvalue weighted by Gasteiger charge is -2.13. The van der Waals surface area contributed by atoms with Gasteiger partial charge in [-0.05, 0) is 35.6 Å². The van der Waals surface area contributed by atoms with Crippen LogP contribution < -0.4 is 10.5 Å². The fraction of sp³-hybridized carbons (Fsp3) is 0.571. The number of nitrogens with one attached hydrogen (secondary N) is 1. The smallest absolute Gasteiger partial charge is 0.240 e. The Kier molecular flexibility index (Phi) is 5.97. The van der Waals surface area contributed by atoms with Crippen molar-refractivity contribution in [2.24, 2.45) is 11.7 Å². The van der Waals surface area contributed by atoms with Gasteiger partial charge in [-0.2, -0.15) is 0 Å². The highest BCUT2D eigenvalue weighted by atomic mass is 32.2. The molecule has 1 rings (SSSR count). The zero-order valence-electron chi connectivity index (χ0n) is 11.9. The molecule has 0 fully saturated rings. The Hall–Kier alpha value is -0.910. The van der Waals surface area contributed by atoms with Crippen molar-refractivity contribution in [3.8, 4) is 0 Å². The Morgan fingerprint density at radius 3 is 2.47 bits per heavy atom. The fourth-order valence-corrected chi connectivity index (χ4v) is 3.00. The van der Waals surface area contributed by atoms with Gasteiger partial charge in [0.2, 0.25) is 10.0 Å². The minimum absolute atomic E-state index is 0.299. The first-order valence-corrected chi connectivity index (χ1v) is 8.24. The van der Waals surface area contributed by atoms with E-state index in [1.807, 2.05) is 26.8 Å². The van der Waals surface area contributed by atoms with Gasteiger partial charge < -0.3 is 5.73 Å². The van der Waals surface area contributed by atoms with Gasteiger partial charge in [-0.15, -0.1) is 0 Å². The molecule has 0 aliphatic heterocycles. The molecule has 1 aromatic carbocycles.